The van der Waals surface area contributed by atoms with Crippen LogP contribution in [0.2, 0.25) is 0 Å². The maximum Gasteiger partial charge on any atom is 0.0230 e. The van der Waals surface area contributed by atoms with Crippen LogP contribution in [0.3, 0.4) is 0 Å². The fourth-order valence-electron chi connectivity index (χ4n) is 1.98. The Morgan fingerprint density at radius 1 is 1.24 bits per heavy atom. The molecular formula is C15H26N2. The number of nitrogens with zero attached hydrogens (tertiary/aromatic N) is 1. The van der Waals surface area contributed by atoms with Gasteiger partial charge in [-0.3, -0.25) is 0 Å². The van der Waals surface area contributed by atoms with E-state index in [4.69, 9.17) is 5.73 Å². The van der Waals surface area contributed by atoms with Crippen molar-refractivity contribution < 1.29 is 0 Å². The summed E-state index contributed by atoms with van der Waals surface area (Å²) in [6, 6.07) is 8.79. The second-order valence-electron chi connectivity index (χ2n) is 5.02. The zero-order valence-electron chi connectivity index (χ0n) is 11.4. The molecule has 1 aromatic carbocycles. The molecule has 1 unspecified atom stereocenters. The molecule has 0 aromatic heterocycles. The lowest BCUT2D eigenvalue weighted by molar-refractivity contribution is 0.292. The fourth-order valence-corrected chi connectivity index (χ4v) is 1.98. The van der Waals surface area contributed by atoms with Crippen LogP contribution in [0.4, 0.5) is 0 Å². The van der Waals surface area contributed by atoms with Crippen LogP contribution in [0.25, 0.3) is 0 Å². The van der Waals surface area contributed by atoms with Crippen LogP contribution in [0, 0.1) is 12.8 Å². The predicted octanol–water partition coefficient (Wildman–Crippen LogP) is 2.80. The summed E-state index contributed by atoms with van der Waals surface area (Å²) in [5, 5.41) is 0. The number of benzene rings is 1. The van der Waals surface area contributed by atoms with Gasteiger partial charge in [-0.15, -0.1) is 0 Å². The summed E-state index contributed by atoms with van der Waals surface area (Å²) in [4.78, 5) is 2.38. The van der Waals surface area contributed by atoms with Gasteiger partial charge in [0.25, 0.3) is 0 Å². The van der Waals surface area contributed by atoms with Gasteiger partial charge >= 0.3 is 0 Å². The molecule has 0 saturated carbocycles. The molecule has 2 heteroatoms. The fraction of sp³-hybridized carbons (Fsp3) is 0.600. The van der Waals surface area contributed by atoms with Crippen LogP contribution >= 0.6 is 0 Å². The quantitative estimate of drug-likeness (QED) is 0.786. The third kappa shape index (κ3) is 5.33. The molecule has 0 heterocycles. The Labute approximate surface area is 106 Å². The Hall–Kier alpha value is -0.860. The third-order valence-electron chi connectivity index (χ3n) is 3.40. The maximum absolute atomic E-state index is 5.72. The largest absolute Gasteiger partial charge is 0.330 e. The molecule has 1 atom stereocenters. The SMILES string of the molecule is CCC(CN)CCN(C)Cc1ccc(C)cc1. The zero-order valence-corrected chi connectivity index (χ0v) is 11.4. The Morgan fingerprint density at radius 2 is 1.88 bits per heavy atom. The topological polar surface area (TPSA) is 29.3 Å². The number of nitrogens with two attached hydrogens (primary N) is 1. The van der Waals surface area contributed by atoms with E-state index >= 15 is 0 Å². The van der Waals surface area contributed by atoms with Crippen molar-refractivity contribution in [2.45, 2.75) is 33.2 Å². The van der Waals surface area contributed by atoms with Crippen LogP contribution < -0.4 is 5.73 Å². The van der Waals surface area contributed by atoms with Crippen molar-refractivity contribution in [1.82, 2.24) is 4.90 Å². The molecule has 1 aromatic rings. The molecule has 0 aliphatic heterocycles. The first-order valence-electron chi connectivity index (χ1n) is 6.59. The van der Waals surface area contributed by atoms with Crippen molar-refractivity contribution in [1.29, 1.82) is 0 Å². The molecule has 2 nitrogen and oxygen atoms in total. The van der Waals surface area contributed by atoms with Gasteiger partial charge in [0.15, 0.2) is 0 Å². The highest BCUT2D eigenvalue weighted by Crippen LogP contribution is 2.09. The van der Waals surface area contributed by atoms with Crippen molar-refractivity contribution in [3.05, 3.63) is 35.4 Å². The Kier molecular flexibility index (Phi) is 6.23. The van der Waals surface area contributed by atoms with E-state index in [1.807, 2.05) is 0 Å². The van der Waals surface area contributed by atoms with E-state index in [1.54, 1.807) is 0 Å². The van der Waals surface area contributed by atoms with Crippen molar-refractivity contribution in [3.8, 4) is 0 Å². The summed E-state index contributed by atoms with van der Waals surface area (Å²) in [6.07, 6.45) is 2.39. The molecule has 0 bridgehead atoms. The van der Waals surface area contributed by atoms with Gasteiger partial charge in [-0.2, -0.15) is 0 Å². The molecular weight excluding hydrogens is 208 g/mol. The summed E-state index contributed by atoms with van der Waals surface area (Å²) in [5.41, 5.74) is 8.43. The highest BCUT2D eigenvalue weighted by Gasteiger charge is 2.06. The lowest BCUT2D eigenvalue weighted by atomic mass is 10.0. The monoisotopic (exact) mass is 234 g/mol. The Balaban J connectivity index is 2.34. The number of hydrogen-bond donors (Lipinski definition) is 1. The minimum atomic E-state index is 0.676. The van der Waals surface area contributed by atoms with E-state index in [-0.39, 0.29) is 0 Å². The summed E-state index contributed by atoms with van der Waals surface area (Å²) < 4.78 is 0. The molecule has 0 aliphatic carbocycles. The second-order valence-corrected chi connectivity index (χ2v) is 5.02. The van der Waals surface area contributed by atoms with E-state index in [0.29, 0.717) is 5.92 Å². The average molecular weight is 234 g/mol. The first-order valence-corrected chi connectivity index (χ1v) is 6.59. The van der Waals surface area contributed by atoms with Gasteiger partial charge in [-0.25, -0.2) is 0 Å². The van der Waals surface area contributed by atoms with Crippen LogP contribution in [0.1, 0.15) is 30.9 Å². The molecule has 0 aliphatic rings. The molecule has 96 valence electrons. The van der Waals surface area contributed by atoms with E-state index in [9.17, 15) is 0 Å². The molecule has 0 radical (unpaired) electrons. The molecule has 0 spiro atoms. The van der Waals surface area contributed by atoms with Gasteiger partial charge in [0.1, 0.15) is 0 Å². The molecule has 0 amide bonds. The van der Waals surface area contributed by atoms with Crippen LogP contribution in [-0.4, -0.2) is 25.0 Å². The second kappa shape index (κ2) is 7.46. The first kappa shape index (κ1) is 14.2. The molecule has 17 heavy (non-hydrogen) atoms. The number of aryl methyl sites for hydroxylation is 1. The minimum Gasteiger partial charge on any atom is -0.330 e. The van der Waals surface area contributed by atoms with Gasteiger partial charge in [-0.05, 0) is 45.0 Å². The molecule has 0 saturated heterocycles. The predicted molar refractivity (Wildman–Crippen MR) is 75.0 cm³/mol. The lowest BCUT2D eigenvalue weighted by Gasteiger charge is -2.20. The molecule has 1 rings (SSSR count). The van der Waals surface area contributed by atoms with E-state index in [1.165, 1.54) is 24.0 Å². The number of hydrogen-bond acceptors (Lipinski definition) is 2. The maximum atomic E-state index is 5.72. The third-order valence-corrected chi connectivity index (χ3v) is 3.40. The van der Waals surface area contributed by atoms with Crippen LogP contribution in [0.5, 0.6) is 0 Å². The van der Waals surface area contributed by atoms with Crippen molar-refractivity contribution in [2.24, 2.45) is 11.7 Å². The van der Waals surface area contributed by atoms with Crippen molar-refractivity contribution in [2.75, 3.05) is 20.1 Å². The minimum absolute atomic E-state index is 0.676. The van der Waals surface area contributed by atoms with Gasteiger partial charge < -0.3 is 10.6 Å². The molecule has 0 fully saturated rings. The lowest BCUT2D eigenvalue weighted by Crippen LogP contribution is -2.24. The van der Waals surface area contributed by atoms with Crippen molar-refractivity contribution >= 4 is 0 Å². The van der Waals surface area contributed by atoms with E-state index in [2.05, 4.69) is 50.1 Å². The highest BCUT2D eigenvalue weighted by molar-refractivity contribution is 5.21. The smallest absolute Gasteiger partial charge is 0.0230 e. The highest BCUT2D eigenvalue weighted by atomic mass is 15.1. The van der Waals surface area contributed by atoms with Crippen LogP contribution in [-0.2, 0) is 6.54 Å². The van der Waals surface area contributed by atoms with Crippen LogP contribution in [0.15, 0.2) is 24.3 Å². The normalized spacial score (nSPS) is 13.0. The summed E-state index contributed by atoms with van der Waals surface area (Å²) in [6.45, 7) is 7.32. The number of rotatable bonds is 7. The van der Waals surface area contributed by atoms with Gasteiger partial charge in [0, 0.05) is 6.54 Å². The van der Waals surface area contributed by atoms with Crippen molar-refractivity contribution in [3.63, 3.8) is 0 Å². The zero-order chi connectivity index (χ0) is 12.7. The van der Waals surface area contributed by atoms with Gasteiger partial charge in [-0.1, -0.05) is 43.2 Å². The average Bonchev–Trinajstić information content (AvgIpc) is 2.33. The summed E-state index contributed by atoms with van der Waals surface area (Å²) in [5.74, 6) is 0.676. The Morgan fingerprint density at radius 3 is 2.41 bits per heavy atom. The first-order chi connectivity index (χ1) is 8.15. The van der Waals surface area contributed by atoms with E-state index in [0.717, 1.165) is 19.6 Å². The Bertz CT molecular complexity index is 301. The van der Waals surface area contributed by atoms with Gasteiger partial charge in [0.05, 0.1) is 0 Å². The summed E-state index contributed by atoms with van der Waals surface area (Å²) in [7, 11) is 2.18. The molecule has 2 N–H and O–H groups in total. The standard InChI is InChI=1S/C15H26N2/c1-4-14(11-16)9-10-17(3)12-15-7-5-13(2)6-8-15/h5-8,14H,4,9-12,16H2,1-3H3. The summed E-state index contributed by atoms with van der Waals surface area (Å²) >= 11 is 0. The van der Waals surface area contributed by atoms with Gasteiger partial charge in [0.2, 0.25) is 0 Å². The van der Waals surface area contributed by atoms with E-state index < -0.39 is 0 Å².